The lowest BCUT2D eigenvalue weighted by atomic mass is 10.0. The third-order valence-electron chi connectivity index (χ3n) is 2.34. The zero-order valence-corrected chi connectivity index (χ0v) is 8.83. The fourth-order valence-electron chi connectivity index (χ4n) is 1.43. The number of carboxylic acid groups (broad SMARTS) is 1. The Hall–Kier alpha value is -2.49. The van der Waals surface area contributed by atoms with Crippen molar-refractivity contribution in [1.29, 1.82) is 0 Å². The van der Waals surface area contributed by atoms with Crippen molar-refractivity contribution >= 4 is 11.8 Å². The molecule has 0 spiro atoms. The SMILES string of the molecule is O=C(O)c1ccc(C(=O)c2ccncc2)cc1. The molecule has 1 aromatic heterocycles. The van der Waals surface area contributed by atoms with E-state index in [4.69, 9.17) is 5.11 Å². The molecule has 0 saturated heterocycles. The maximum absolute atomic E-state index is 12.0. The van der Waals surface area contributed by atoms with E-state index in [-0.39, 0.29) is 11.3 Å². The van der Waals surface area contributed by atoms with E-state index in [1.165, 1.54) is 24.3 Å². The van der Waals surface area contributed by atoms with Gasteiger partial charge in [-0.05, 0) is 24.3 Å². The lowest BCUT2D eigenvalue weighted by Crippen LogP contribution is -2.02. The van der Waals surface area contributed by atoms with E-state index in [0.29, 0.717) is 11.1 Å². The standard InChI is InChI=1S/C13H9NO3/c15-12(10-5-7-14-8-6-10)9-1-3-11(4-2-9)13(16)17/h1-8H,(H,16,17). The minimum atomic E-state index is -1.01. The summed E-state index contributed by atoms with van der Waals surface area (Å²) in [5.74, 6) is -1.16. The molecule has 0 unspecified atom stereocenters. The first kappa shape index (κ1) is 11.0. The summed E-state index contributed by atoms with van der Waals surface area (Å²) in [5.41, 5.74) is 1.15. The Balaban J connectivity index is 2.30. The van der Waals surface area contributed by atoms with Crippen LogP contribution in [0.25, 0.3) is 0 Å². The van der Waals surface area contributed by atoms with Crippen LogP contribution in [0.3, 0.4) is 0 Å². The number of rotatable bonds is 3. The Morgan fingerprint density at radius 1 is 0.824 bits per heavy atom. The van der Waals surface area contributed by atoms with Gasteiger partial charge in [0.2, 0.25) is 0 Å². The molecule has 1 N–H and O–H groups in total. The van der Waals surface area contributed by atoms with Gasteiger partial charge in [0.1, 0.15) is 0 Å². The number of aromatic nitrogens is 1. The Bertz CT molecular complexity index is 547. The smallest absolute Gasteiger partial charge is 0.335 e. The molecular weight excluding hydrogens is 218 g/mol. The second-order valence-electron chi connectivity index (χ2n) is 3.45. The molecule has 2 rings (SSSR count). The van der Waals surface area contributed by atoms with Gasteiger partial charge in [-0.2, -0.15) is 0 Å². The predicted octanol–water partition coefficient (Wildman–Crippen LogP) is 2.01. The van der Waals surface area contributed by atoms with E-state index in [1.807, 2.05) is 0 Å². The van der Waals surface area contributed by atoms with E-state index >= 15 is 0 Å². The van der Waals surface area contributed by atoms with Gasteiger partial charge < -0.3 is 5.11 Å². The Morgan fingerprint density at radius 3 is 1.82 bits per heavy atom. The average Bonchev–Trinajstić information content (AvgIpc) is 2.39. The van der Waals surface area contributed by atoms with Crippen LogP contribution >= 0.6 is 0 Å². The fraction of sp³-hybridized carbons (Fsp3) is 0. The summed E-state index contributed by atoms with van der Waals surface area (Å²) in [6.45, 7) is 0. The van der Waals surface area contributed by atoms with Crippen molar-refractivity contribution in [2.24, 2.45) is 0 Å². The molecule has 0 aliphatic rings. The maximum atomic E-state index is 12.0. The topological polar surface area (TPSA) is 67.3 Å². The van der Waals surface area contributed by atoms with Gasteiger partial charge in [-0.15, -0.1) is 0 Å². The van der Waals surface area contributed by atoms with Gasteiger partial charge in [-0.1, -0.05) is 12.1 Å². The second-order valence-corrected chi connectivity index (χ2v) is 3.45. The first-order valence-electron chi connectivity index (χ1n) is 4.96. The van der Waals surface area contributed by atoms with Gasteiger partial charge in [0.05, 0.1) is 5.56 Å². The number of ketones is 1. The van der Waals surface area contributed by atoms with E-state index in [2.05, 4.69) is 4.98 Å². The first-order chi connectivity index (χ1) is 8.18. The van der Waals surface area contributed by atoms with Crippen molar-refractivity contribution in [3.05, 3.63) is 65.5 Å². The summed E-state index contributed by atoms with van der Waals surface area (Å²) in [4.78, 5) is 26.4. The molecule has 1 aromatic carbocycles. The third kappa shape index (κ3) is 2.36. The number of hydrogen-bond acceptors (Lipinski definition) is 3. The molecule has 4 nitrogen and oxygen atoms in total. The highest BCUT2D eigenvalue weighted by molar-refractivity contribution is 6.09. The summed E-state index contributed by atoms with van der Waals surface area (Å²) in [5, 5.41) is 8.74. The van der Waals surface area contributed by atoms with Gasteiger partial charge in [-0.25, -0.2) is 4.79 Å². The molecule has 0 atom stereocenters. The number of aromatic carboxylic acids is 1. The van der Waals surface area contributed by atoms with Crippen LogP contribution in [0.5, 0.6) is 0 Å². The van der Waals surface area contributed by atoms with Crippen LogP contribution in [0.15, 0.2) is 48.8 Å². The summed E-state index contributed by atoms with van der Waals surface area (Å²) >= 11 is 0. The molecule has 0 radical (unpaired) electrons. The van der Waals surface area contributed by atoms with Crippen molar-refractivity contribution in [2.75, 3.05) is 0 Å². The van der Waals surface area contributed by atoms with Crippen LogP contribution in [-0.4, -0.2) is 21.8 Å². The minimum Gasteiger partial charge on any atom is -0.478 e. The van der Waals surface area contributed by atoms with E-state index in [9.17, 15) is 9.59 Å². The average molecular weight is 227 g/mol. The molecule has 4 heteroatoms. The summed E-state index contributed by atoms with van der Waals surface area (Å²) in [6, 6.07) is 9.08. The van der Waals surface area contributed by atoms with Crippen LogP contribution in [0.4, 0.5) is 0 Å². The lowest BCUT2D eigenvalue weighted by Gasteiger charge is -2.01. The van der Waals surface area contributed by atoms with Gasteiger partial charge in [0.15, 0.2) is 5.78 Å². The highest BCUT2D eigenvalue weighted by Crippen LogP contribution is 2.10. The number of carboxylic acids is 1. The molecular formula is C13H9NO3. The minimum absolute atomic E-state index is 0.149. The third-order valence-corrected chi connectivity index (χ3v) is 2.34. The van der Waals surface area contributed by atoms with Gasteiger partial charge >= 0.3 is 5.97 Å². The van der Waals surface area contributed by atoms with Crippen LogP contribution in [-0.2, 0) is 0 Å². The Labute approximate surface area is 97.6 Å². The molecule has 1 heterocycles. The zero-order valence-electron chi connectivity index (χ0n) is 8.83. The molecule has 0 saturated carbocycles. The van der Waals surface area contributed by atoms with Gasteiger partial charge in [0, 0.05) is 23.5 Å². The van der Waals surface area contributed by atoms with Crippen molar-refractivity contribution in [3.63, 3.8) is 0 Å². The molecule has 0 aliphatic carbocycles. The number of benzene rings is 1. The van der Waals surface area contributed by atoms with E-state index in [1.54, 1.807) is 24.5 Å². The van der Waals surface area contributed by atoms with E-state index < -0.39 is 5.97 Å². The van der Waals surface area contributed by atoms with Crippen molar-refractivity contribution in [1.82, 2.24) is 4.98 Å². The molecule has 84 valence electrons. The molecule has 0 fully saturated rings. The van der Waals surface area contributed by atoms with Gasteiger partial charge in [-0.3, -0.25) is 9.78 Å². The number of carbonyl (C=O) groups is 2. The van der Waals surface area contributed by atoms with Crippen molar-refractivity contribution < 1.29 is 14.7 Å². The van der Waals surface area contributed by atoms with Crippen LogP contribution in [0.1, 0.15) is 26.3 Å². The molecule has 17 heavy (non-hydrogen) atoms. The van der Waals surface area contributed by atoms with Crippen molar-refractivity contribution in [3.8, 4) is 0 Å². The van der Waals surface area contributed by atoms with E-state index in [0.717, 1.165) is 0 Å². The quantitative estimate of drug-likeness (QED) is 0.814. The maximum Gasteiger partial charge on any atom is 0.335 e. The molecule has 0 aliphatic heterocycles. The summed E-state index contributed by atoms with van der Waals surface area (Å²) in [7, 11) is 0. The monoisotopic (exact) mass is 227 g/mol. The van der Waals surface area contributed by atoms with Crippen LogP contribution in [0.2, 0.25) is 0 Å². The Morgan fingerprint density at radius 2 is 1.29 bits per heavy atom. The zero-order chi connectivity index (χ0) is 12.3. The number of carbonyl (C=O) groups excluding carboxylic acids is 1. The molecule has 0 bridgehead atoms. The highest BCUT2D eigenvalue weighted by atomic mass is 16.4. The number of hydrogen-bond donors (Lipinski definition) is 1. The largest absolute Gasteiger partial charge is 0.478 e. The summed E-state index contributed by atoms with van der Waals surface area (Å²) in [6.07, 6.45) is 3.08. The second kappa shape index (κ2) is 4.57. The van der Waals surface area contributed by atoms with Crippen LogP contribution < -0.4 is 0 Å². The number of pyridine rings is 1. The normalized spacial score (nSPS) is 9.88. The lowest BCUT2D eigenvalue weighted by molar-refractivity contribution is 0.0696. The van der Waals surface area contributed by atoms with Gasteiger partial charge in [0.25, 0.3) is 0 Å². The highest BCUT2D eigenvalue weighted by Gasteiger charge is 2.09. The van der Waals surface area contributed by atoms with Crippen molar-refractivity contribution in [2.45, 2.75) is 0 Å². The summed E-state index contributed by atoms with van der Waals surface area (Å²) < 4.78 is 0. The number of nitrogens with zero attached hydrogens (tertiary/aromatic N) is 1. The van der Waals surface area contributed by atoms with Crippen LogP contribution in [0, 0.1) is 0 Å². The fourth-order valence-corrected chi connectivity index (χ4v) is 1.43. The predicted molar refractivity (Wildman–Crippen MR) is 61.1 cm³/mol. The first-order valence-corrected chi connectivity index (χ1v) is 4.96. The molecule has 2 aromatic rings. The Kier molecular flexibility index (Phi) is 2.96. The molecule has 0 amide bonds.